The second-order valence-electron chi connectivity index (χ2n) is 25.7. The van der Waals surface area contributed by atoms with E-state index in [0.29, 0.717) is 19.3 Å². The van der Waals surface area contributed by atoms with E-state index in [-0.39, 0.29) is 19.3 Å². The number of aliphatic hydroxyl groups excluding tert-OH is 2. The van der Waals surface area contributed by atoms with Crippen LogP contribution in [0.3, 0.4) is 0 Å². The maximum Gasteiger partial charge on any atom is 0.472 e. The van der Waals surface area contributed by atoms with Crippen molar-refractivity contribution >= 4 is 33.6 Å². The average molecular weight is 1480 g/mol. The lowest BCUT2D eigenvalue weighted by Gasteiger charge is -2.21. The summed E-state index contributed by atoms with van der Waals surface area (Å²) in [6.45, 7) is 2.37. The molecule has 18 heteroatoms. The number of aliphatic hydroxyl groups is 2. The molecular formula is C85H140O16P2. The molecule has 0 radical (unpaired) electrons. The van der Waals surface area contributed by atoms with Gasteiger partial charge in [0.1, 0.15) is 25.4 Å². The molecule has 0 aliphatic heterocycles. The van der Waals surface area contributed by atoms with Gasteiger partial charge in [0, 0.05) is 19.3 Å². The summed E-state index contributed by atoms with van der Waals surface area (Å²) >= 11 is 0. The van der Waals surface area contributed by atoms with Crippen molar-refractivity contribution in [1.82, 2.24) is 0 Å². The number of unbranched alkanes of at least 4 members (excludes halogenated alkanes) is 22. The molecule has 0 amide bonds. The van der Waals surface area contributed by atoms with Crippen LogP contribution in [0.2, 0.25) is 0 Å². The second-order valence-corrected chi connectivity index (χ2v) is 28.7. The Morgan fingerprint density at radius 3 is 0.816 bits per heavy atom. The van der Waals surface area contributed by atoms with Crippen LogP contribution in [-0.4, -0.2) is 95.9 Å². The molecule has 0 aromatic rings. The van der Waals surface area contributed by atoms with Gasteiger partial charge in [0.2, 0.25) is 0 Å². The van der Waals surface area contributed by atoms with E-state index < -0.39 is 91.5 Å². The summed E-state index contributed by atoms with van der Waals surface area (Å²) in [6.07, 6.45) is 96.6. The van der Waals surface area contributed by atoms with Gasteiger partial charge in [-0.1, -0.05) is 287 Å². The zero-order valence-corrected chi connectivity index (χ0v) is 65.7. The number of phosphoric ester groups is 2. The molecule has 0 spiro atoms. The van der Waals surface area contributed by atoms with E-state index in [1.54, 1.807) is 0 Å². The zero-order valence-electron chi connectivity index (χ0n) is 63.9. The van der Waals surface area contributed by atoms with Crippen LogP contribution in [0.1, 0.15) is 290 Å². The molecule has 5 atom stereocenters. The first-order valence-electron chi connectivity index (χ1n) is 39.4. The predicted molar refractivity (Wildman–Crippen MR) is 426 cm³/mol. The number of ether oxygens (including phenoxy) is 3. The van der Waals surface area contributed by atoms with E-state index in [4.69, 9.17) is 32.3 Å². The molecule has 0 saturated heterocycles. The lowest BCUT2D eigenvalue weighted by Crippen LogP contribution is -2.30. The monoisotopic (exact) mass is 1480 g/mol. The fourth-order valence-electron chi connectivity index (χ4n) is 9.96. The molecule has 0 heterocycles. The molecule has 0 aromatic carbocycles. The van der Waals surface area contributed by atoms with Crippen molar-refractivity contribution in [2.75, 3.05) is 39.6 Å². The standard InChI is InChI=1S/C85H140O16P2/c1-4-7-10-13-16-19-22-25-28-31-34-37-39-42-44-47-50-53-56-59-62-65-68-71-83(88)95-74-80(86)75-97-102(91,92)98-76-81(87)77-99-103(93,94)100-79-82(101-85(90)73-70-67-64-61-58-55-52-49-46-41-36-33-30-27-24-21-18-15-12-9-6-3)78-96-84(89)72-69-66-63-60-57-54-51-48-45-43-40-38-35-32-29-26-23-20-17-14-11-8-5-2/h7-8,10-11,16-21,25-30,34-38,41-45,49,52,80-82,86-87H,4-6,9,12-15,22-24,31-33,39-40,46-48,50-51,53-79H2,1-3H3,(H,91,92)(H,93,94)/b10-7-,11-8-,19-16-,20-17-,21-18-,28-25-,29-26-,30-27-,37-34-,38-35-,41-36-,44-42-,45-43-,52-49-. The first-order chi connectivity index (χ1) is 50.2. The zero-order chi connectivity index (χ0) is 75.2. The first-order valence-corrected chi connectivity index (χ1v) is 42.4. The van der Waals surface area contributed by atoms with Crippen LogP contribution in [0.5, 0.6) is 0 Å². The van der Waals surface area contributed by atoms with Crippen LogP contribution >= 0.6 is 15.6 Å². The Labute approximate surface area is 624 Å². The minimum absolute atomic E-state index is 0.0743. The van der Waals surface area contributed by atoms with E-state index >= 15 is 0 Å². The van der Waals surface area contributed by atoms with Crippen LogP contribution in [0.25, 0.3) is 0 Å². The topological polar surface area (TPSA) is 231 Å². The smallest absolute Gasteiger partial charge is 0.463 e. The number of esters is 3. The van der Waals surface area contributed by atoms with Crippen LogP contribution in [0.4, 0.5) is 0 Å². The van der Waals surface area contributed by atoms with E-state index in [0.717, 1.165) is 212 Å². The molecule has 5 unspecified atom stereocenters. The lowest BCUT2D eigenvalue weighted by atomic mass is 10.1. The Morgan fingerprint density at radius 1 is 0.282 bits per heavy atom. The second kappa shape index (κ2) is 76.6. The van der Waals surface area contributed by atoms with Gasteiger partial charge >= 0.3 is 33.6 Å². The van der Waals surface area contributed by atoms with Gasteiger partial charge in [0.15, 0.2) is 6.10 Å². The lowest BCUT2D eigenvalue weighted by molar-refractivity contribution is -0.161. The summed E-state index contributed by atoms with van der Waals surface area (Å²) in [4.78, 5) is 58.7. The quantitative estimate of drug-likeness (QED) is 0.0146. The Bertz CT molecular complexity index is 2550. The summed E-state index contributed by atoms with van der Waals surface area (Å²) in [5, 5.41) is 20.6. The third-order valence-corrected chi connectivity index (χ3v) is 17.8. The number of phosphoric acid groups is 2. The van der Waals surface area contributed by atoms with Crippen molar-refractivity contribution < 1.29 is 75.8 Å². The van der Waals surface area contributed by atoms with E-state index in [2.05, 4.69) is 191 Å². The summed E-state index contributed by atoms with van der Waals surface area (Å²) in [7, 11) is -9.82. The van der Waals surface area contributed by atoms with Crippen LogP contribution in [0.15, 0.2) is 170 Å². The fraction of sp³-hybridized carbons (Fsp3) is 0.635. The van der Waals surface area contributed by atoms with Crippen LogP contribution < -0.4 is 0 Å². The van der Waals surface area contributed by atoms with Crippen LogP contribution in [-0.2, 0) is 55.8 Å². The van der Waals surface area contributed by atoms with Crippen molar-refractivity contribution in [1.29, 1.82) is 0 Å². The maximum atomic E-state index is 13.0. The van der Waals surface area contributed by atoms with Gasteiger partial charge in [0.05, 0.1) is 26.4 Å². The summed E-state index contributed by atoms with van der Waals surface area (Å²) < 4.78 is 61.2. The van der Waals surface area contributed by atoms with Gasteiger partial charge in [-0.15, -0.1) is 0 Å². The minimum atomic E-state index is -4.95. The summed E-state index contributed by atoms with van der Waals surface area (Å²) in [5.41, 5.74) is 0. The molecule has 0 aliphatic rings. The van der Waals surface area contributed by atoms with Gasteiger partial charge in [-0.25, -0.2) is 9.13 Å². The summed E-state index contributed by atoms with van der Waals surface area (Å²) in [6, 6.07) is 0. The number of hydrogen-bond acceptors (Lipinski definition) is 14. The largest absolute Gasteiger partial charge is 0.472 e. The molecular weight excluding hydrogens is 1340 g/mol. The first kappa shape index (κ1) is 97.9. The molecule has 103 heavy (non-hydrogen) atoms. The van der Waals surface area contributed by atoms with Crippen molar-refractivity contribution in [2.24, 2.45) is 0 Å². The van der Waals surface area contributed by atoms with Gasteiger partial charge in [-0.2, -0.15) is 0 Å². The third kappa shape index (κ3) is 77.8. The number of carbonyl (C=O) groups is 3. The number of allylic oxidation sites excluding steroid dienone is 28. The highest BCUT2D eigenvalue weighted by atomic mass is 31.2. The highest BCUT2D eigenvalue weighted by Crippen LogP contribution is 2.45. The molecule has 0 bridgehead atoms. The van der Waals surface area contributed by atoms with Crippen molar-refractivity contribution in [2.45, 2.75) is 309 Å². The molecule has 0 aliphatic carbocycles. The molecule has 0 aromatic heterocycles. The number of carbonyl (C=O) groups excluding carboxylic acids is 3. The number of rotatable bonds is 73. The number of hydrogen-bond donors (Lipinski definition) is 4. The van der Waals surface area contributed by atoms with Crippen molar-refractivity contribution in [3.05, 3.63) is 170 Å². The minimum Gasteiger partial charge on any atom is -0.463 e. The predicted octanol–water partition coefficient (Wildman–Crippen LogP) is 23.2. The highest BCUT2D eigenvalue weighted by Gasteiger charge is 2.29. The Balaban J connectivity index is 4.76. The van der Waals surface area contributed by atoms with E-state index in [1.165, 1.54) is 19.3 Å². The SMILES string of the molecule is CC/C=C\C/C=C\C/C=C\C/C=C\C/C=C\CCCCCCCCCC(=O)OCC(O)COP(=O)(O)OCC(O)COP(=O)(O)OCC(COC(=O)CCCCCCCCC/C=C\C/C=C\C/C=C\C/C=C\C/C=C\CC)OC(=O)CCCCCCC/C=C\C/C=C\C/C=C\C/C=C\CCCCC. The normalized spacial score (nSPS) is 14.9. The Morgan fingerprint density at radius 2 is 0.515 bits per heavy atom. The highest BCUT2D eigenvalue weighted by molar-refractivity contribution is 7.47. The van der Waals surface area contributed by atoms with E-state index in [9.17, 15) is 43.5 Å². The molecule has 4 N–H and O–H groups in total. The third-order valence-electron chi connectivity index (χ3n) is 15.9. The fourth-order valence-corrected chi connectivity index (χ4v) is 11.5. The van der Waals surface area contributed by atoms with Crippen LogP contribution in [0, 0.1) is 0 Å². The summed E-state index contributed by atoms with van der Waals surface area (Å²) in [5.74, 6) is -1.63. The van der Waals surface area contributed by atoms with Crippen molar-refractivity contribution in [3.63, 3.8) is 0 Å². The Hall–Kier alpha value is -5.09. The van der Waals surface area contributed by atoms with Gasteiger partial charge in [-0.3, -0.25) is 32.5 Å². The molecule has 0 saturated carbocycles. The van der Waals surface area contributed by atoms with E-state index in [1.807, 2.05) is 0 Å². The van der Waals surface area contributed by atoms with Crippen molar-refractivity contribution in [3.8, 4) is 0 Å². The molecule has 586 valence electrons. The van der Waals surface area contributed by atoms with Gasteiger partial charge in [-0.05, 0) is 154 Å². The molecule has 16 nitrogen and oxygen atoms in total. The molecule has 0 rings (SSSR count). The van der Waals surface area contributed by atoms with Gasteiger partial charge < -0.3 is 34.2 Å². The Kier molecular flexibility index (Phi) is 72.8. The molecule has 0 fully saturated rings. The van der Waals surface area contributed by atoms with Gasteiger partial charge in [0.25, 0.3) is 0 Å². The maximum absolute atomic E-state index is 13.0. The average Bonchev–Trinajstić information content (AvgIpc) is 0.922.